The summed E-state index contributed by atoms with van der Waals surface area (Å²) in [5, 5.41) is 3.05. The van der Waals surface area contributed by atoms with E-state index < -0.39 is 11.8 Å². The Bertz CT molecular complexity index is 909. The largest absolute Gasteiger partial charge is 0.493 e. The highest BCUT2D eigenvalue weighted by Crippen LogP contribution is 2.21. The Kier molecular flexibility index (Phi) is 9.86. The van der Waals surface area contributed by atoms with Crippen LogP contribution in [-0.4, -0.2) is 23.5 Å². The molecule has 2 rings (SSSR count). The van der Waals surface area contributed by atoms with Crippen LogP contribution in [0.2, 0.25) is 10.0 Å². The lowest BCUT2D eigenvalue weighted by atomic mass is 10.2. The summed E-state index contributed by atoms with van der Waals surface area (Å²) in [5.74, 6) is -0.495. The van der Waals surface area contributed by atoms with E-state index in [0.29, 0.717) is 22.9 Å². The average Bonchev–Trinajstić information content (AvgIpc) is 2.72. The number of benzene rings is 2. The van der Waals surface area contributed by atoms with Crippen LogP contribution in [0.15, 0.2) is 42.5 Å². The number of amides is 2. The molecule has 0 saturated carbocycles. The maximum atomic E-state index is 12.6. The molecule has 0 bridgehead atoms. The van der Waals surface area contributed by atoms with Gasteiger partial charge < -0.3 is 4.74 Å². The van der Waals surface area contributed by atoms with Crippen molar-refractivity contribution in [1.29, 1.82) is 0 Å². The predicted molar refractivity (Wildman–Crippen MR) is 123 cm³/mol. The number of rotatable bonds is 8. The van der Waals surface area contributed by atoms with E-state index in [4.69, 9.17) is 40.2 Å². The van der Waals surface area contributed by atoms with Gasteiger partial charge in [-0.25, -0.2) is 0 Å². The number of ether oxygens (including phenoxy) is 1. The van der Waals surface area contributed by atoms with E-state index >= 15 is 0 Å². The third-order valence-electron chi connectivity index (χ3n) is 4.08. The van der Waals surface area contributed by atoms with Gasteiger partial charge in [-0.05, 0) is 49.0 Å². The second-order valence-electron chi connectivity index (χ2n) is 6.39. The van der Waals surface area contributed by atoms with Crippen LogP contribution in [0.4, 0.5) is 0 Å². The maximum absolute atomic E-state index is 12.6. The number of para-hydroxylation sites is 1. The fraction of sp³-hybridized carbons (Fsp3) is 0.286. The minimum Gasteiger partial charge on any atom is -0.493 e. The molecule has 0 aliphatic rings. The standard InChI is InChI=1S/C21H23Cl2N3O3S/c1-2-3-4-7-12-29-18-9-6-5-8-16(18)19(27)24-21(30)26-25-20(28)15-11-10-14(22)13-17(15)23/h5-6,8-11,13H,2-4,7,12H2,1H3,(H,25,28)(H2,24,26,27,30). The molecule has 0 heterocycles. The van der Waals surface area contributed by atoms with E-state index in [-0.39, 0.29) is 15.7 Å². The van der Waals surface area contributed by atoms with Crippen LogP contribution in [0.5, 0.6) is 5.75 Å². The van der Waals surface area contributed by atoms with E-state index in [1.807, 2.05) is 0 Å². The second-order valence-corrected chi connectivity index (χ2v) is 7.64. The summed E-state index contributed by atoms with van der Waals surface area (Å²) in [6.45, 7) is 2.68. The molecule has 0 fully saturated rings. The number of hydrazine groups is 1. The van der Waals surface area contributed by atoms with Crippen molar-refractivity contribution >= 4 is 52.3 Å². The number of carbonyl (C=O) groups excluding carboxylic acids is 2. The molecule has 160 valence electrons. The van der Waals surface area contributed by atoms with E-state index in [2.05, 4.69) is 23.1 Å². The molecule has 3 N–H and O–H groups in total. The molecule has 0 aromatic heterocycles. The van der Waals surface area contributed by atoms with Gasteiger partial charge in [0, 0.05) is 5.02 Å². The van der Waals surface area contributed by atoms with Crippen LogP contribution >= 0.6 is 35.4 Å². The lowest BCUT2D eigenvalue weighted by Crippen LogP contribution is -2.48. The molecular formula is C21H23Cl2N3O3S. The first-order chi connectivity index (χ1) is 14.4. The highest BCUT2D eigenvalue weighted by molar-refractivity contribution is 7.80. The van der Waals surface area contributed by atoms with E-state index in [9.17, 15) is 9.59 Å². The lowest BCUT2D eigenvalue weighted by Gasteiger charge is -2.14. The monoisotopic (exact) mass is 467 g/mol. The molecule has 0 radical (unpaired) electrons. The maximum Gasteiger partial charge on any atom is 0.271 e. The number of carbonyl (C=O) groups is 2. The predicted octanol–water partition coefficient (Wildman–Crippen LogP) is 4.90. The summed E-state index contributed by atoms with van der Waals surface area (Å²) >= 11 is 16.9. The summed E-state index contributed by atoms with van der Waals surface area (Å²) in [7, 11) is 0. The zero-order valence-electron chi connectivity index (χ0n) is 16.5. The summed E-state index contributed by atoms with van der Waals surface area (Å²) in [6.07, 6.45) is 4.29. The van der Waals surface area contributed by atoms with Gasteiger partial charge in [0.25, 0.3) is 11.8 Å². The Hall–Kier alpha value is -2.35. The summed E-state index contributed by atoms with van der Waals surface area (Å²) in [6, 6.07) is 11.4. The molecule has 0 unspecified atom stereocenters. The lowest BCUT2D eigenvalue weighted by molar-refractivity contribution is 0.0933. The normalized spacial score (nSPS) is 10.2. The molecule has 2 amide bonds. The summed E-state index contributed by atoms with van der Waals surface area (Å²) in [5.41, 5.74) is 5.42. The topological polar surface area (TPSA) is 79.5 Å². The van der Waals surface area contributed by atoms with E-state index in [1.54, 1.807) is 30.3 Å². The van der Waals surface area contributed by atoms with Gasteiger partial charge in [-0.3, -0.25) is 25.8 Å². The molecule has 0 aliphatic heterocycles. The van der Waals surface area contributed by atoms with E-state index in [1.165, 1.54) is 12.1 Å². The highest BCUT2D eigenvalue weighted by Gasteiger charge is 2.15. The number of hydrogen-bond acceptors (Lipinski definition) is 4. The van der Waals surface area contributed by atoms with Crippen molar-refractivity contribution in [3.8, 4) is 5.75 Å². The summed E-state index contributed by atoms with van der Waals surface area (Å²) in [4.78, 5) is 24.7. The summed E-state index contributed by atoms with van der Waals surface area (Å²) < 4.78 is 5.75. The van der Waals surface area contributed by atoms with Gasteiger partial charge in [-0.1, -0.05) is 61.5 Å². The zero-order valence-corrected chi connectivity index (χ0v) is 18.8. The fourth-order valence-electron chi connectivity index (χ4n) is 2.55. The van der Waals surface area contributed by atoms with Gasteiger partial charge in [0.2, 0.25) is 0 Å². The first-order valence-electron chi connectivity index (χ1n) is 9.51. The quantitative estimate of drug-likeness (QED) is 0.292. The highest BCUT2D eigenvalue weighted by atomic mass is 35.5. The van der Waals surface area contributed by atoms with Crippen molar-refractivity contribution in [2.24, 2.45) is 0 Å². The van der Waals surface area contributed by atoms with Crippen molar-refractivity contribution in [2.45, 2.75) is 32.6 Å². The van der Waals surface area contributed by atoms with Crippen molar-refractivity contribution in [2.75, 3.05) is 6.61 Å². The van der Waals surface area contributed by atoms with Crippen LogP contribution in [-0.2, 0) is 0 Å². The minimum absolute atomic E-state index is 0.0730. The first kappa shape index (κ1) is 23.9. The first-order valence-corrected chi connectivity index (χ1v) is 10.7. The van der Waals surface area contributed by atoms with Gasteiger partial charge in [0.05, 0.1) is 22.8 Å². The molecular weight excluding hydrogens is 445 g/mol. The molecule has 2 aromatic rings. The minimum atomic E-state index is -0.524. The SMILES string of the molecule is CCCCCCOc1ccccc1C(=O)NC(=S)NNC(=O)c1ccc(Cl)cc1Cl. The van der Waals surface area contributed by atoms with E-state index in [0.717, 1.165) is 25.7 Å². The van der Waals surface area contributed by atoms with Crippen LogP contribution in [0, 0.1) is 0 Å². The van der Waals surface area contributed by atoms with Crippen LogP contribution in [0.1, 0.15) is 53.3 Å². The molecule has 0 aliphatic carbocycles. The van der Waals surface area contributed by atoms with Gasteiger partial charge in [-0.2, -0.15) is 0 Å². The average molecular weight is 468 g/mol. The Labute approximate surface area is 191 Å². The molecule has 30 heavy (non-hydrogen) atoms. The molecule has 6 nitrogen and oxygen atoms in total. The Morgan fingerprint density at radius 3 is 2.47 bits per heavy atom. The zero-order chi connectivity index (χ0) is 21.9. The number of nitrogens with one attached hydrogen (secondary N) is 3. The van der Waals surface area contributed by atoms with Gasteiger partial charge in [0.15, 0.2) is 5.11 Å². The molecule has 0 spiro atoms. The fourth-order valence-corrected chi connectivity index (χ4v) is 3.19. The second kappa shape index (κ2) is 12.4. The van der Waals surface area contributed by atoms with Crippen molar-refractivity contribution < 1.29 is 14.3 Å². The smallest absolute Gasteiger partial charge is 0.271 e. The van der Waals surface area contributed by atoms with Crippen LogP contribution in [0.3, 0.4) is 0 Å². The van der Waals surface area contributed by atoms with Crippen LogP contribution in [0.25, 0.3) is 0 Å². The van der Waals surface area contributed by atoms with Crippen LogP contribution < -0.4 is 20.9 Å². The van der Waals surface area contributed by atoms with Crippen molar-refractivity contribution in [3.63, 3.8) is 0 Å². The third kappa shape index (κ3) is 7.48. The molecule has 0 atom stereocenters. The van der Waals surface area contributed by atoms with Gasteiger partial charge in [-0.15, -0.1) is 0 Å². The number of halogens is 2. The Morgan fingerprint density at radius 1 is 0.967 bits per heavy atom. The Morgan fingerprint density at radius 2 is 1.73 bits per heavy atom. The van der Waals surface area contributed by atoms with Crippen molar-refractivity contribution in [1.82, 2.24) is 16.2 Å². The third-order valence-corrected chi connectivity index (χ3v) is 4.83. The molecule has 0 saturated heterocycles. The number of hydrogen-bond donors (Lipinski definition) is 3. The Balaban J connectivity index is 1.88. The van der Waals surface area contributed by atoms with Gasteiger partial charge >= 0.3 is 0 Å². The van der Waals surface area contributed by atoms with Crippen molar-refractivity contribution in [3.05, 3.63) is 63.6 Å². The number of unbranched alkanes of at least 4 members (excludes halogenated alkanes) is 3. The van der Waals surface area contributed by atoms with Gasteiger partial charge in [0.1, 0.15) is 5.75 Å². The molecule has 2 aromatic carbocycles. The number of thiocarbonyl (C=S) groups is 1. The molecule has 9 heteroatoms.